The largest absolute Gasteiger partial charge is 0.481 e. The number of unbranched alkanes of at least 4 members (excludes halogenated alkanes) is 15. The molecule has 0 saturated heterocycles. The standard InChI is InChI=1S/C20H40O2.C2H4O2/c1-3-4-5-6-7-8-9-10-11-12-13-14-15-16-17-18-19-22-20(2)21;1-2(3)4/h3-19H2,1-2H3;1H3,(H,3,4). The molecule has 0 aromatic rings. The van der Waals surface area contributed by atoms with Gasteiger partial charge in [-0.1, -0.05) is 103 Å². The van der Waals surface area contributed by atoms with E-state index in [4.69, 9.17) is 14.6 Å². The van der Waals surface area contributed by atoms with Crippen LogP contribution in [0.5, 0.6) is 0 Å². The number of carbonyl (C=O) groups is 2. The van der Waals surface area contributed by atoms with Gasteiger partial charge in [-0.2, -0.15) is 0 Å². The van der Waals surface area contributed by atoms with Crippen LogP contribution < -0.4 is 0 Å². The van der Waals surface area contributed by atoms with Crippen LogP contribution in [-0.4, -0.2) is 23.7 Å². The van der Waals surface area contributed by atoms with Gasteiger partial charge >= 0.3 is 5.97 Å². The minimum absolute atomic E-state index is 0.152. The summed E-state index contributed by atoms with van der Waals surface area (Å²) in [5.74, 6) is -0.985. The van der Waals surface area contributed by atoms with Gasteiger partial charge in [-0.25, -0.2) is 0 Å². The number of hydrogen-bond donors (Lipinski definition) is 1. The van der Waals surface area contributed by atoms with Crippen LogP contribution in [0.25, 0.3) is 0 Å². The summed E-state index contributed by atoms with van der Waals surface area (Å²) in [6.07, 6.45) is 22.0. The van der Waals surface area contributed by atoms with Crippen LogP contribution in [0.4, 0.5) is 0 Å². The summed E-state index contributed by atoms with van der Waals surface area (Å²) >= 11 is 0. The molecule has 4 heteroatoms. The highest BCUT2D eigenvalue weighted by atomic mass is 16.5. The summed E-state index contributed by atoms with van der Waals surface area (Å²) in [7, 11) is 0. The van der Waals surface area contributed by atoms with E-state index in [0.29, 0.717) is 6.61 Å². The molecule has 1 N–H and O–H groups in total. The molecule has 0 unspecified atom stereocenters. The zero-order valence-corrected chi connectivity index (χ0v) is 17.7. The predicted octanol–water partition coefficient (Wildman–Crippen LogP) is 6.90. The molecule has 0 fully saturated rings. The van der Waals surface area contributed by atoms with E-state index in [1.54, 1.807) is 0 Å². The van der Waals surface area contributed by atoms with Crippen LogP contribution in [0.2, 0.25) is 0 Å². The van der Waals surface area contributed by atoms with Crippen molar-refractivity contribution in [2.45, 2.75) is 124 Å². The molecule has 0 amide bonds. The number of aliphatic carboxylic acids is 1. The number of carbonyl (C=O) groups excluding carboxylic acids is 1. The summed E-state index contributed by atoms with van der Waals surface area (Å²) in [4.78, 5) is 19.6. The number of carboxylic acids is 1. The maximum Gasteiger partial charge on any atom is 0.302 e. The predicted molar refractivity (Wildman–Crippen MR) is 109 cm³/mol. The zero-order valence-electron chi connectivity index (χ0n) is 17.7. The molecule has 4 nitrogen and oxygen atoms in total. The SMILES string of the molecule is CC(=O)O.CCCCCCCCCCCCCCCCCCOC(C)=O. The molecule has 0 atom stereocenters. The van der Waals surface area contributed by atoms with Gasteiger partial charge in [0.25, 0.3) is 5.97 Å². The Hall–Kier alpha value is -1.06. The summed E-state index contributed by atoms with van der Waals surface area (Å²) < 4.78 is 4.92. The Labute approximate surface area is 162 Å². The van der Waals surface area contributed by atoms with Gasteiger partial charge in [-0.15, -0.1) is 0 Å². The first-order valence-electron chi connectivity index (χ1n) is 10.8. The normalized spacial score (nSPS) is 10.1. The molecule has 0 aliphatic rings. The lowest BCUT2D eigenvalue weighted by Gasteiger charge is -2.04. The average molecular weight is 373 g/mol. The van der Waals surface area contributed by atoms with Crippen molar-refractivity contribution in [3.8, 4) is 0 Å². The van der Waals surface area contributed by atoms with Gasteiger partial charge in [0.1, 0.15) is 0 Å². The van der Waals surface area contributed by atoms with Crippen LogP contribution in [0.1, 0.15) is 124 Å². The van der Waals surface area contributed by atoms with Crippen molar-refractivity contribution in [1.82, 2.24) is 0 Å². The monoisotopic (exact) mass is 372 g/mol. The number of esters is 1. The van der Waals surface area contributed by atoms with E-state index < -0.39 is 5.97 Å². The average Bonchev–Trinajstić information content (AvgIpc) is 2.57. The highest BCUT2D eigenvalue weighted by Crippen LogP contribution is 2.13. The summed E-state index contributed by atoms with van der Waals surface area (Å²) in [6, 6.07) is 0. The van der Waals surface area contributed by atoms with Crippen LogP contribution in [0.3, 0.4) is 0 Å². The minimum atomic E-state index is -0.833. The third kappa shape index (κ3) is 34.3. The van der Waals surface area contributed by atoms with Crippen LogP contribution in [0, 0.1) is 0 Å². The van der Waals surface area contributed by atoms with Gasteiger partial charge in [-0.3, -0.25) is 9.59 Å². The second-order valence-electron chi connectivity index (χ2n) is 7.16. The fraction of sp³-hybridized carbons (Fsp3) is 0.909. The first-order valence-corrected chi connectivity index (χ1v) is 10.8. The van der Waals surface area contributed by atoms with Gasteiger partial charge in [0.2, 0.25) is 0 Å². The van der Waals surface area contributed by atoms with Crippen molar-refractivity contribution >= 4 is 11.9 Å². The molecule has 0 spiro atoms. The van der Waals surface area contributed by atoms with Crippen molar-refractivity contribution in [1.29, 1.82) is 0 Å². The van der Waals surface area contributed by atoms with Crippen LogP contribution >= 0.6 is 0 Å². The molecule has 156 valence electrons. The molecule has 0 bridgehead atoms. The lowest BCUT2D eigenvalue weighted by molar-refractivity contribution is -0.141. The quantitative estimate of drug-likeness (QED) is 0.223. The smallest absolute Gasteiger partial charge is 0.302 e. The molecular formula is C22H44O4. The van der Waals surface area contributed by atoms with E-state index >= 15 is 0 Å². The fourth-order valence-electron chi connectivity index (χ4n) is 2.87. The van der Waals surface area contributed by atoms with Gasteiger partial charge < -0.3 is 9.84 Å². The van der Waals surface area contributed by atoms with Gasteiger partial charge in [0, 0.05) is 13.8 Å². The van der Waals surface area contributed by atoms with Crippen molar-refractivity contribution in [2.24, 2.45) is 0 Å². The lowest BCUT2D eigenvalue weighted by atomic mass is 10.0. The third-order valence-electron chi connectivity index (χ3n) is 4.30. The number of rotatable bonds is 17. The van der Waals surface area contributed by atoms with E-state index in [2.05, 4.69) is 6.92 Å². The Bertz CT molecular complexity index is 299. The highest BCUT2D eigenvalue weighted by Gasteiger charge is 1.95. The Balaban J connectivity index is 0. The molecule has 0 aromatic heterocycles. The molecule has 0 heterocycles. The molecule has 0 radical (unpaired) electrons. The van der Waals surface area contributed by atoms with Crippen molar-refractivity contribution in [3.05, 3.63) is 0 Å². The molecule has 0 aliphatic carbocycles. The van der Waals surface area contributed by atoms with Crippen LogP contribution in [-0.2, 0) is 14.3 Å². The Morgan fingerprint density at radius 1 is 0.615 bits per heavy atom. The number of hydrogen-bond acceptors (Lipinski definition) is 3. The van der Waals surface area contributed by atoms with Gasteiger partial charge in [0.15, 0.2) is 0 Å². The highest BCUT2D eigenvalue weighted by molar-refractivity contribution is 5.65. The third-order valence-corrected chi connectivity index (χ3v) is 4.30. The number of ether oxygens (including phenoxy) is 1. The minimum Gasteiger partial charge on any atom is -0.481 e. The molecule has 0 saturated carbocycles. The molecule has 0 aromatic carbocycles. The second kappa shape index (κ2) is 23.9. The van der Waals surface area contributed by atoms with E-state index in [-0.39, 0.29) is 5.97 Å². The van der Waals surface area contributed by atoms with E-state index in [0.717, 1.165) is 13.3 Å². The van der Waals surface area contributed by atoms with E-state index in [9.17, 15) is 4.79 Å². The maximum absolute atomic E-state index is 10.6. The first-order chi connectivity index (χ1) is 12.5. The summed E-state index contributed by atoms with van der Waals surface area (Å²) in [6.45, 7) is 5.45. The first kappa shape index (κ1) is 27.2. The van der Waals surface area contributed by atoms with Gasteiger partial charge in [0.05, 0.1) is 6.61 Å². The van der Waals surface area contributed by atoms with E-state index in [1.807, 2.05) is 0 Å². The van der Waals surface area contributed by atoms with E-state index in [1.165, 1.54) is 103 Å². The van der Waals surface area contributed by atoms with Crippen molar-refractivity contribution < 1.29 is 19.4 Å². The van der Waals surface area contributed by atoms with Crippen molar-refractivity contribution in [2.75, 3.05) is 6.61 Å². The molecular weight excluding hydrogens is 328 g/mol. The number of carboxylic acid groups (broad SMARTS) is 1. The zero-order chi connectivity index (χ0) is 19.9. The van der Waals surface area contributed by atoms with Crippen molar-refractivity contribution in [3.63, 3.8) is 0 Å². The lowest BCUT2D eigenvalue weighted by Crippen LogP contribution is -2.00. The summed E-state index contributed by atoms with van der Waals surface area (Å²) in [5.41, 5.74) is 0. The molecule has 0 aliphatic heterocycles. The Morgan fingerprint density at radius 2 is 0.885 bits per heavy atom. The van der Waals surface area contributed by atoms with Gasteiger partial charge in [-0.05, 0) is 6.42 Å². The van der Waals surface area contributed by atoms with Crippen LogP contribution in [0.15, 0.2) is 0 Å². The molecule has 26 heavy (non-hydrogen) atoms. The molecule has 0 rings (SSSR count). The topological polar surface area (TPSA) is 63.6 Å². The second-order valence-corrected chi connectivity index (χ2v) is 7.16. The fourth-order valence-corrected chi connectivity index (χ4v) is 2.87. The maximum atomic E-state index is 10.6. The Kier molecular flexibility index (Phi) is 25.0. The summed E-state index contributed by atoms with van der Waals surface area (Å²) in [5, 5.41) is 7.42. The Morgan fingerprint density at radius 3 is 1.15 bits per heavy atom.